The molecular formula is C37H21N3S. The van der Waals surface area contributed by atoms with Gasteiger partial charge in [-0.3, -0.25) is 0 Å². The van der Waals surface area contributed by atoms with Crippen molar-refractivity contribution in [1.82, 2.24) is 9.13 Å². The van der Waals surface area contributed by atoms with Gasteiger partial charge in [0.2, 0.25) is 0 Å². The number of benzene rings is 6. The van der Waals surface area contributed by atoms with E-state index in [0.29, 0.717) is 5.56 Å². The monoisotopic (exact) mass is 539 g/mol. The van der Waals surface area contributed by atoms with E-state index in [0.717, 1.165) is 27.8 Å². The molecule has 0 spiro atoms. The van der Waals surface area contributed by atoms with Gasteiger partial charge in [0.1, 0.15) is 0 Å². The molecule has 9 rings (SSSR count). The van der Waals surface area contributed by atoms with E-state index in [1.54, 1.807) is 0 Å². The Bertz CT molecular complexity index is 2550. The lowest BCUT2D eigenvalue weighted by Crippen LogP contribution is -1.96. The topological polar surface area (TPSA) is 33.6 Å². The Morgan fingerprint density at radius 1 is 0.439 bits per heavy atom. The van der Waals surface area contributed by atoms with Crippen molar-refractivity contribution in [3.63, 3.8) is 0 Å². The third kappa shape index (κ3) is 3.12. The molecule has 0 aliphatic rings. The molecule has 9 aromatic rings. The van der Waals surface area contributed by atoms with Crippen LogP contribution in [0.3, 0.4) is 0 Å². The van der Waals surface area contributed by atoms with Gasteiger partial charge in [0, 0.05) is 53.1 Å². The first-order valence-electron chi connectivity index (χ1n) is 13.7. The van der Waals surface area contributed by atoms with Crippen LogP contribution in [0.2, 0.25) is 0 Å². The zero-order chi connectivity index (χ0) is 27.1. The maximum atomic E-state index is 9.65. The minimum Gasteiger partial charge on any atom is -0.309 e. The summed E-state index contributed by atoms with van der Waals surface area (Å²) in [5.74, 6) is 0. The number of nitriles is 1. The van der Waals surface area contributed by atoms with Crippen molar-refractivity contribution in [1.29, 1.82) is 5.26 Å². The summed E-state index contributed by atoms with van der Waals surface area (Å²) in [5.41, 5.74) is 7.45. The SMILES string of the molecule is N#Cc1ccc2c3ccccc3n(-c3ccc4c(c3)c3ccccc3n4-c3ccc4sc5ccccc5c4c3)c2c1. The van der Waals surface area contributed by atoms with Gasteiger partial charge < -0.3 is 9.13 Å². The fourth-order valence-electron chi connectivity index (χ4n) is 6.55. The van der Waals surface area contributed by atoms with Crippen LogP contribution in [-0.4, -0.2) is 9.13 Å². The first kappa shape index (κ1) is 22.4. The summed E-state index contributed by atoms with van der Waals surface area (Å²) in [7, 11) is 0. The molecule has 3 heterocycles. The maximum absolute atomic E-state index is 9.65. The molecule has 0 bridgehead atoms. The van der Waals surface area contributed by atoms with E-state index in [-0.39, 0.29) is 0 Å². The average Bonchev–Trinajstić information content (AvgIpc) is 3.67. The zero-order valence-electron chi connectivity index (χ0n) is 21.9. The number of fused-ring (bicyclic) bond motifs is 9. The Morgan fingerprint density at radius 3 is 1.78 bits per heavy atom. The van der Waals surface area contributed by atoms with Gasteiger partial charge in [-0.1, -0.05) is 60.7 Å². The number of para-hydroxylation sites is 2. The highest BCUT2D eigenvalue weighted by molar-refractivity contribution is 7.25. The van der Waals surface area contributed by atoms with E-state index < -0.39 is 0 Å². The Morgan fingerprint density at radius 2 is 1.00 bits per heavy atom. The summed E-state index contributed by atoms with van der Waals surface area (Å²) in [6.45, 7) is 0. The van der Waals surface area contributed by atoms with Gasteiger partial charge in [-0.05, 0) is 66.7 Å². The van der Waals surface area contributed by atoms with Crippen LogP contribution in [0.25, 0.3) is 75.2 Å². The van der Waals surface area contributed by atoms with Crippen molar-refractivity contribution in [3.05, 3.63) is 133 Å². The molecule has 0 saturated heterocycles. The van der Waals surface area contributed by atoms with Crippen molar-refractivity contribution in [2.24, 2.45) is 0 Å². The number of hydrogen-bond acceptors (Lipinski definition) is 2. The van der Waals surface area contributed by atoms with Crippen LogP contribution in [0, 0.1) is 11.3 Å². The minimum atomic E-state index is 0.663. The molecule has 3 nitrogen and oxygen atoms in total. The van der Waals surface area contributed by atoms with Gasteiger partial charge in [-0.2, -0.15) is 5.26 Å². The van der Waals surface area contributed by atoms with Crippen molar-refractivity contribution < 1.29 is 0 Å². The van der Waals surface area contributed by atoms with Crippen molar-refractivity contribution >= 4 is 75.1 Å². The van der Waals surface area contributed by atoms with E-state index in [2.05, 4.69) is 130 Å². The molecule has 41 heavy (non-hydrogen) atoms. The second-order valence-electron chi connectivity index (χ2n) is 10.5. The second kappa shape index (κ2) is 8.32. The van der Waals surface area contributed by atoms with Crippen molar-refractivity contribution in [2.75, 3.05) is 0 Å². The summed E-state index contributed by atoms with van der Waals surface area (Å²) < 4.78 is 7.30. The summed E-state index contributed by atoms with van der Waals surface area (Å²) >= 11 is 1.85. The van der Waals surface area contributed by atoms with Crippen LogP contribution < -0.4 is 0 Å². The molecule has 3 aromatic heterocycles. The summed E-state index contributed by atoms with van der Waals surface area (Å²) in [4.78, 5) is 0. The van der Waals surface area contributed by atoms with Gasteiger partial charge in [0.15, 0.2) is 0 Å². The van der Waals surface area contributed by atoms with Crippen LogP contribution in [0.5, 0.6) is 0 Å². The third-order valence-corrected chi connectivity index (χ3v) is 9.49. The lowest BCUT2D eigenvalue weighted by molar-refractivity contribution is 1.17. The van der Waals surface area contributed by atoms with Gasteiger partial charge in [0.25, 0.3) is 0 Å². The standard InChI is InChI=1S/C37H21N3S/c38-22-23-13-16-28-26-7-1-4-10-32(26)40(35(28)19-23)24-14-17-34-30(20-24)27-8-2-5-11-33(27)39(34)25-15-18-37-31(21-25)29-9-3-6-12-36(29)41-37/h1-21H. The Balaban J connectivity index is 1.34. The fraction of sp³-hybridized carbons (Fsp3) is 0. The lowest BCUT2D eigenvalue weighted by atomic mass is 10.1. The zero-order valence-corrected chi connectivity index (χ0v) is 22.7. The van der Waals surface area contributed by atoms with Crippen LogP contribution in [0.15, 0.2) is 127 Å². The van der Waals surface area contributed by atoms with Crippen LogP contribution in [0.4, 0.5) is 0 Å². The molecule has 0 saturated carbocycles. The third-order valence-electron chi connectivity index (χ3n) is 8.34. The van der Waals surface area contributed by atoms with Gasteiger partial charge in [-0.15, -0.1) is 11.3 Å². The minimum absolute atomic E-state index is 0.663. The number of hydrogen-bond donors (Lipinski definition) is 0. The highest BCUT2D eigenvalue weighted by Crippen LogP contribution is 2.39. The maximum Gasteiger partial charge on any atom is 0.0992 e. The van der Waals surface area contributed by atoms with E-state index in [4.69, 9.17) is 0 Å². The number of thiophene rings is 1. The lowest BCUT2D eigenvalue weighted by Gasteiger charge is -2.11. The molecule has 6 aromatic carbocycles. The predicted octanol–water partition coefficient (Wildman–Crippen LogP) is 10.1. The second-order valence-corrected chi connectivity index (χ2v) is 11.6. The molecule has 0 radical (unpaired) electrons. The number of aromatic nitrogens is 2. The van der Waals surface area contributed by atoms with Crippen LogP contribution >= 0.6 is 11.3 Å². The van der Waals surface area contributed by atoms with E-state index in [1.807, 2.05) is 23.5 Å². The van der Waals surface area contributed by atoms with E-state index in [1.165, 1.54) is 47.4 Å². The highest BCUT2D eigenvalue weighted by Gasteiger charge is 2.17. The molecule has 0 unspecified atom stereocenters. The molecule has 4 heteroatoms. The van der Waals surface area contributed by atoms with Crippen molar-refractivity contribution in [3.8, 4) is 17.4 Å². The molecule has 0 amide bonds. The Hall–Kier alpha value is -5.37. The highest BCUT2D eigenvalue weighted by atomic mass is 32.1. The molecule has 0 N–H and O–H groups in total. The van der Waals surface area contributed by atoms with Crippen LogP contribution in [-0.2, 0) is 0 Å². The van der Waals surface area contributed by atoms with Crippen LogP contribution in [0.1, 0.15) is 5.56 Å². The van der Waals surface area contributed by atoms with Crippen molar-refractivity contribution in [2.45, 2.75) is 0 Å². The molecular weight excluding hydrogens is 518 g/mol. The van der Waals surface area contributed by atoms with E-state index in [9.17, 15) is 5.26 Å². The summed E-state index contributed by atoms with van der Waals surface area (Å²) in [5, 5.41) is 17.0. The summed E-state index contributed by atoms with van der Waals surface area (Å²) in [6, 6.07) is 47.7. The average molecular weight is 540 g/mol. The molecule has 0 aliphatic carbocycles. The smallest absolute Gasteiger partial charge is 0.0992 e. The predicted molar refractivity (Wildman–Crippen MR) is 173 cm³/mol. The number of rotatable bonds is 2. The molecule has 0 atom stereocenters. The van der Waals surface area contributed by atoms with Gasteiger partial charge in [0.05, 0.1) is 33.7 Å². The molecule has 0 aliphatic heterocycles. The normalized spacial score (nSPS) is 11.9. The molecule has 0 fully saturated rings. The van der Waals surface area contributed by atoms with Gasteiger partial charge in [-0.25, -0.2) is 0 Å². The number of nitrogens with zero attached hydrogens (tertiary/aromatic N) is 3. The fourth-order valence-corrected chi connectivity index (χ4v) is 7.64. The quantitative estimate of drug-likeness (QED) is 0.215. The van der Waals surface area contributed by atoms with E-state index >= 15 is 0 Å². The molecule has 190 valence electrons. The Labute approximate surface area is 239 Å². The summed E-state index contributed by atoms with van der Waals surface area (Å²) in [6.07, 6.45) is 0. The van der Waals surface area contributed by atoms with Gasteiger partial charge >= 0.3 is 0 Å². The first-order valence-corrected chi connectivity index (χ1v) is 14.5. The largest absolute Gasteiger partial charge is 0.309 e. The Kier molecular flexibility index (Phi) is 4.55. The first-order chi connectivity index (χ1) is 20.3.